The number of benzene rings is 11. The van der Waals surface area contributed by atoms with Crippen molar-refractivity contribution in [2.75, 3.05) is 4.90 Å². The predicted molar refractivity (Wildman–Crippen MR) is 271 cm³/mol. The molecule has 4 aliphatic rings. The molecule has 3 heteroatoms. The molecule has 15 rings (SSSR count). The van der Waals surface area contributed by atoms with Crippen LogP contribution in [0.25, 0.3) is 43.8 Å². The summed E-state index contributed by atoms with van der Waals surface area (Å²) in [4.78, 5) is 2.48. The Kier molecular flexibility index (Phi) is 7.36. The summed E-state index contributed by atoms with van der Waals surface area (Å²) in [6.45, 7) is 0. The van der Waals surface area contributed by atoms with Crippen molar-refractivity contribution < 1.29 is 9.47 Å². The van der Waals surface area contributed by atoms with Gasteiger partial charge in [-0.25, -0.2) is 0 Å². The van der Waals surface area contributed by atoms with E-state index in [0.29, 0.717) is 0 Å². The van der Waals surface area contributed by atoms with Crippen LogP contribution in [0.1, 0.15) is 44.5 Å². The Hall–Kier alpha value is -8.66. The van der Waals surface area contributed by atoms with Crippen LogP contribution in [0.15, 0.2) is 237 Å². The van der Waals surface area contributed by atoms with Crippen LogP contribution in [0.2, 0.25) is 0 Å². The van der Waals surface area contributed by atoms with Gasteiger partial charge in [0.05, 0.1) is 10.8 Å². The zero-order valence-corrected chi connectivity index (χ0v) is 36.3. The Balaban J connectivity index is 1.02. The molecule has 312 valence electrons. The van der Waals surface area contributed by atoms with Gasteiger partial charge in [0.2, 0.25) is 0 Å². The zero-order chi connectivity index (χ0) is 43.8. The van der Waals surface area contributed by atoms with Crippen molar-refractivity contribution >= 4 is 38.6 Å². The van der Waals surface area contributed by atoms with Gasteiger partial charge in [0, 0.05) is 39.3 Å². The maximum atomic E-state index is 6.74. The summed E-state index contributed by atoms with van der Waals surface area (Å²) < 4.78 is 13.5. The number of nitrogens with zero attached hydrogens (tertiary/aromatic N) is 1. The van der Waals surface area contributed by atoms with Crippen LogP contribution in [0.3, 0.4) is 0 Å². The molecule has 2 aliphatic heterocycles. The van der Waals surface area contributed by atoms with Crippen LogP contribution in [-0.4, -0.2) is 0 Å². The summed E-state index contributed by atoms with van der Waals surface area (Å²) in [7, 11) is 0. The molecule has 2 spiro atoms. The van der Waals surface area contributed by atoms with Gasteiger partial charge in [-0.05, 0) is 127 Å². The zero-order valence-electron chi connectivity index (χ0n) is 36.3. The molecule has 0 bridgehead atoms. The third-order valence-electron chi connectivity index (χ3n) is 15.2. The first-order chi connectivity index (χ1) is 33.2. The lowest BCUT2D eigenvalue weighted by Gasteiger charge is -2.40. The predicted octanol–water partition coefficient (Wildman–Crippen LogP) is 16.4. The fourth-order valence-corrected chi connectivity index (χ4v) is 12.5. The normalized spacial score (nSPS) is 14.4. The first kappa shape index (κ1) is 36.7. The number of hydrogen-bond acceptors (Lipinski definition) is 3. The molecule has 0 unspecified atom stereocenters. The van der Waals surface area contributed by atoms with Crippen molar-refractivity contribution in [3.63, 3.8) is 0 Å². The van der Waals surface area contributed by atoms with E-state index >= 15 is 0 Å². The van der Waals surface area contributed by atoms with E-state index in [1.807, 2.05) is 0 Å². The molecular formula is C64H39NO2. The number of rotatable bonds is 3. The molecule has 0 radical (unpaired) electrons. The van der Waals surface area contributed by atoms with Gasteiger partial charge >= 0.3 is 0 Å². The minimum atomic E-state index is -0.611. The van der Waals surface area contributed by atoms with Gasteiger partial charge in [-0.1, -0.05) is 176 Å². The standard InChI is InChI=1S/C64H39NO2/c1-2-16-45-40(15-1)29-30-41-37-42(31-34-46(41)45)65(43-32-35-49-47-17-3-5-19-51(47)63(57(49)38-43)53-21-7-11-25-59(53)66-60-26-12-8-22-54(60)63)44-33-36-50-48-18-4-6-20-52(48)64(58(50)39-44)55-23-9-13-27-61(55)67-62-28-14-10-24-56(62)64/h1-39H. The average Bonchev–Trinajstić information content (AvgIpc) is 3.84. The fraction of sp³-hybridized carbons (Fsp3) is 0.0312. The Morgan fingerprint density at radius 2 is 0.612 bits per heavy atom. The third-order valence-corrected chi connectivity index (χ3v) is 15.2. The van der Waals surface area contributed by atoms with E-state index < -0.39 is 10.8 Å². The van der Waals surface area contributed by atoms with Crippen LogP contribution in [-0.2, 0) is 10.8 Å². The summed E-state index contributed by atoms with van der Waals surface area (Å²) in [6.07, 6.45) is 0. The maximum absolute atomic E-state index is 6.74. The molecule has 67 heavy (non-hydrogen) atoms. The average molecular weight is 854 g/mol. The molecule has 0 atom stereocenters. The highest BCUT2D eigenvalue weighted by molar-refractivity contribution is 6.09. The van der Waals surface area contributed by atoms with E-state index in [1.165, 1.54) is 66.1 Å². The lowest BCUT2D eigenvalue weighted by Crippen LogP contribution is -2.32. The van der Waals surface area contributed by atoms with Gasteiger partial charge in [0.25, 0.3) is 0 Å². The minimum Gasteiger partial charge on any atom is -0.457 e. The second-order valence-electron chi connectivity index (χ2n) is 18.3. The molecule has 0 saturated carbocycles. The number of anilines is 3. The van der Waals surface area contributed by atoms with Crippen LogP contribution in [0.4, 0.5) is 17.1 Å². The van der Waals surface area contributed by atoms with E-state index in [1.54, 1.807) is 0 Å². The molecule has 2 aliphatic carbocycles. The largest absolute Gasteiger partial charge is 0.457 e. The topological polar surface area (TPSA) is 21.7 Å². The molecule has 0 saturated heterocycles. The van der Waals surface area contributed by atoms with E-state index in [-0.39, 0.29) is 0 Å². The molecular weight excluding hydrogens is 815 g/mol. The molecule has 0 N–H and O–H groups in total. The van der Waals surface area contributed by atoms with Gasteiger partial charge in [-0.15, -0.1) is 0 Å². The molecule has 0 amide bonds. The second-order valence-corrected chi connectivity index (χ2v) is 18.3. The Morgan fingerprint density at radius 1 is 0.254 bits per heavy atom. The molecule has 11 aromatic carbocycles. The van der Waals surface area contributed by atoms with Gasteiger partial charge < -0.3 is 14.4 Å². The van der Waals surface area contributed by atoms with Crippen molar-refractivity contribution in [3.8, 4) is 45.3 Å². The lowest BCUT2D eigenvalue weighted by molar-refractivity contribution is 0.436. The quantitative estimate of drug-likeness (QED) is 0.165. The van der Waals surface area contributed by atoms with E-state index in [9.17, 15) is 0 Å². The summed E-state index contributed by atoms with van der Waals surface area (Å²) in [5.41, 5.74) is 16.6. The first-order valence-electron chi connectivity index (χ1n) is 23.2. The smallest absolute Gasteiger partial charge is 0.132 e. The molecule has 0 aromatic heterocycles. The Labute approximate surface area is 388 Å². The summed E-state index contributed by atoms with van der Waals surface area (Å²) in [5.74, 6) is 3.53. The highest BCUT2D eigenvalue weighted by Gasteiger charge is 2.53. The monoisotopic (exact) mass is 853 g/mol. The highest BCUT2D eigenvalue weighted by atomic mass is 16.5. The van der Waals surface area contributed by atoms with Crippen molar-refractivity contribution in [2.45, 2.75) is 10.8 Å². The fourth-order valence-electron chi connectivity index (χ4n) is 12.5. The number of hydrogen-bond donors (Lipinski definition) is 0. The minimum absolute atomic E-state index is 0.611. The highest BCUT2D eigenvalue weighted by Crippen LogP contribution is 2.65. The van der Waals surface area contributed by atoms with Crippen molar-refractivity contribution in [1.82, 2.24) is 0 Å². The molecule has 11 aromatic rings. The van der Waals surface area contributed by atoms with Crippen LogP contribution in [0, 0.1) is 0 Å². The second kappa shape index (κ2) is 13.4. The maximum Gasteiger partial charge on any atom is 0.132 e. The number of ether oxygens (including phenoxy) is 2. The van der Waals surface area contributed by atoms with Gasteiger partial charge in [0.1, 0.15) is 23.0 Å². The summed E-state index contributed by atoms with van der Waals surface area (Å²) >= 11 is 0. The van der Waals surface area contributed by atoms with Crippen LogP contribution < -0.4 is 14.4 Å². The van der Waals surface area contributed by atoms with Crippen LogP contribution >= 0.6 is 0 Å². The molecule has 2 heterocycles. The molecule has 0 fully saturated rings. The lowest BCUT2D eigenvalue weighted by atomic mass is 9.66. The van der Waals surface area contributed by atoms with Crippen molar-refractivity contribution in [2.24, 2.45) is 0 Å². The van der Waals surface area contributed by atoms with Crippen molar-refractivity contribution in [3.05, 3.63) is 281 Å². The van der Waals surface area contributed by atoms with E-state index in [2.05, 4.69) is 241 Å². The van der Waals surface area contributed by atoms with Gasteiger partial charge in [-0.3, -0.25) is 0 Å². The first-order valence-corrected chi connectivity index (χ1v) is 23.2. The summed E-state index contributed by atoms with van der Waals surface area (Å²) in [6, 6.07) is 86.9. The Bertz CT molecular complexity index is 3630. The van der Waals surface area contributed by atoms with Crippen LogP contribution in [0.5, 0.6) is 23.0 Å². The SMILES string of the molecule is c1ccc2c(c1)Oc1ccccc1C21c2ccccc2-c2ccc(N(c3ccc4c(c3)C3(c5ccccc5Oc5ccccc53)c3ccccc3-4)c3ccc4c(ccc5ccccc54)c3)cc21. The van der Waals surface area contributed by atoms with Crippen molar-refractivity contribution in [1.29, 1.82) is 0 Å². The summed E-state index contributed by atoms with van der Waals surface area (Å²) in [5, 5.41) is 4.91. The van der Waals surface area contributed by atoms with E-state index in [4.69, 9.17) is 9.47 Å². The van der Waals surface area contributed by atoms with E-state index in [0.717, 1.165) is 62.3 Å². The molecule has 3 nitrogen and oxygen atoms in total. The number of para-hydroxylation sites is 4. The number of fused-ring (bicyclic) bond motifs is 21. The Morgan fingerprint density at radius 3 is 1.12 bits per heavy atom. The van der Waals surface area contributed by atoms with Gasteiger partial charge in [-0.2, -0.15) is 0 Å². The van der Waals surface area contributed by atoms with Gasteiger partial charge in [0.15, 0.2) is 0 Å². The third kappa shape index (κ3) is 4.75.